The van der Waals surface area contributed by atoms with Gasteiger partial charge in [-0.15, -0.1) is 0 Å². The number of aliphatic hydroxyl groups is 1. The molecule has 0 aromatic rings. The minimum absolute atomic E-state index is 0.141. The summed E-state index contributed by atoms with van der Waals surface area (Å²) in [6.45, 7) is 5.14. The molecule has 2 amide bonds. The van der Waals surface area contributed by atoms with Gasteiger partial charge in [0.25, 0.3) is 0 Å². The number of rotatable bonds is 1. The normalized spacial score (nSPS) is 29.1. The molecule has 0 radical (unpaired) electrons. The van der Waals surface area contributed by atoms with E-state index in [4.69, 9.17) is 0 Å². The number of carbonyl (C=O) groups is 1. The van der Waals surface area contributed by atoms with Gasteiger partial charge in [0.15, 0.2) is 0 Å². The fourth-order valence-corrected chi connectivity index (χ4v) is 3.03. The van der Waals surface area contributed by atoms with Crippen molar-refractivity contribution < 1.29 is 9.90 Å². The van der Waals surface area contributed by atoms with Gasteiger partial charge in [-0.2, -0.15) is 0 Å². The smallest absolute Gasteiger partial charge is 0.320 e. The molecular weight excluding hydrogens is 216 g/mol. The Labute approximate surface area is 103 Å². The summed E-state index contributed by atoms with van der Waals surface area (Å²) in [6, 6.07) is 0.141. The second-order valence-corrected chi connectivity index (χ2v) is 6.19. The van der Waals surface area contributed by atoms with Gasteiger partial charge in [-0.1, -0.05) is 6.92 Å². The molecule has 1 saturated carbocycles. The molecule has 3 rings (SSSR count). The number of likely N-dealkylation sites (tertiary alicyclic amines) is 2. The van der Waals surface area contributed by atoms with Crippen molar-refractivity contribution >= 4 is 6.03 Å². The molecule has 2 heterocycles. The van der Waals surface area contributed by atoms with Gasteiger partial charge >= 0.3 is 6.03 Å². The van der Waals surface area contributed by atoms with Crippen molar-refractivity contribution in [3.8, 4) is 0 Å². The largest absolute Gasteiger partial charge is 0.386 e. The molecule has 0 atom stereocenters. The van der Waals surface area contributed by atoms with E-state index in [1.54, 1.807) is 0 Å². The average molecular weight is 238 g/mol. The van der Waals surface area contributed by atoms with Gasteiger partial charge in [-0.3, -0.25) is 0 Å². The van der Waals surface area contributed by atoms with Gasteiger partial charge < -0.3 is 14.9 Å². The number of hydrogen-bond donors (Lipinski definition) is 1. The summed E-state index contributed by atoms with van der Waals surface area (Å²) < 4.78 is 0. The summed E-state index contributed by atoms with van der Waals surface area (Å²) in [5.74, 6) is 1.21. The van der Waals surface area contributed by atoms with Crippen molar-refractivity contribution in [2.75, 3.05) is 26.2 Å². The van der Waals surface area contributed by atoms with E-state index < -0.39 is 5.60 Å². The molecule has 2 aliphatic heterocycles. The molecule has 17 heavy (non-hydrogen) atoms. The molecule has 0 bridgehead atoms. The van der Waals surface area contributed by atoms with Gasteiger partial charge in [0, 0.05) is 13.1 Å². The van der Waals surface area contributed by atoms with Gasteiger partial charge in [0.05, 0.1) is 13.1 Å². The van der Waals surface area contributed by atoms with E-state index in [2.05, 4.69) is 6.92 Å². The van der Waals surface area contributed by atoms with E-state index in [1.165, 1.54) is 0 Å². The van der Waals surface area contributed by atoms with Crippen LogP contribution in [0.1, 0.15) is 32.6 Å². The number of piperidine rings is 1. The standard InChI is InChI=1S/C13H22N2O2/c1-10-4-6-14(7-5-10)12(16)15-8-13(17,9-15)11-2-3-11/h10-11,17H,2-9H2,1H3. The topological polar surface area (TPSA) is 43.8 Å². The predicted octanol–water partition coefficient (Wildman–Crippen LogP) is 1.30. The molecular formula is C13H22N2O2. The predicted molar refractivity (Wildman–Crippen MR) is 64.6 cm³/mol. The first-order valence-electron chi connectivity index (χ1n) is 6.85. The van der Waals surface area contributed by atoms with Crippen molar-refractivity contribution in [1.29, 1.82) is 0 Å². The Hall–Kier alpha value is -0.770. The highest BCUT2D eigenvalue weighted by atomic mass is 16.3. The van der Waals surface area contributed by atoms with Crippen molar-refractivity contribution in [3.05, 3.63) is 0 Å². The summed E-state index contributed by atoms with van der Waals surface area (Å²) >= 11 is 0. The molecule has 0 aromatic carbocycles. The zero-order chi connectivity index (χ0) is 12.0. The Bertz CT molecular complexity index is 313. The first-order valence-corrected chi connectivity index (χ1v) is 6.85. The fraction of sp³-hybridized carbons (Fsp3) is 0.923. The molecule has 1 N–H and O–H groups in total. The van der Waals surface area contributed by atoms with E-state index in [9.17, 15) is 9.90 Å². The molecule has 4 nitrogen and oxygen atoms in total. The van der Waals surface area contributed by atoms with Crippen LogP contribution in [-0.4, -0.2) is 52.7 Å². The number of carbonyl (C=O) groups excluding carboxylic acids is 1. The lowest BCUT2D eigenvalue weighted by atomic mass is 9.89. The van der Waals surface area contributed by atoms with Crippen LogP contribution in [0.4, 0.5) is 4.79 Å². The molecule has 1 aliphatic carbocycles. The highest BCUT2D eigenvalue weighted by molar-refractivity contribution is 5.76. The zero-order valence-corrected chi connectivity index (χ0v) is 10.6. The molecule has 96 valence electrons. The summed E-state index contributed by atoms with van der Waals surface area (Å²) in [6.07, 6.45) is 4.51. The monoisotopic (exact) mass is 238 g/mol. The zero-order valence-electron chi connectivity index (χ0n) is 10.6. The van der Waals surface area contributed by atoms with Gasteiger partial charge in [-0.05, 0) is 37.5 Å². The van der Waals surface area contributed by atoms with Crippen LogP contribution < -0.4 is 0 Å². The second kappa shape index (κ2) is 3.87. The third-order valence-corrected chi connectivity index (χ3v) is 4.59. The molecule has 0 aromatic heterocycles. The highest BCUT2D eigenvalue weighted by Crippen LogP contribution is 2.44. The van der Waals surface area contributed by atoms with Crippen LogP contribution in [0.5, 0.6) is 0 Å². The minimum Gasteiger partial charge on any atom is -0.386 e. The van der Waals surface area contributed by atoms with Crippen LogP contribution in [-0.2, 0) is 0 Å². The summed E-state index contributed by atoms with van der Waals surface area (Å²) in [7, 11) is 0. The minimum atomic E-state index is -0.543. The molecule has 4 heteroatoms. The van der Waals surface area contributed by atoms with Gasteiger partial charge in [0.1, 0.15) is 5.60 Å². The van der Waals surface area contributed by atoms with E-state index >= 15 is 0 Å². The SMILES string of the molecule is CC1CCN(C(=O)N2CC(O)(C3CC3)C2)CC1. The Morgan fingerprint density at radius 1 is 1.12 bits per heavy atom. The maximum atomic E-state index is 12.2. The Morgan fingerprint density at radius 2 is 1.71 bits per heavy atom. The van der Waals surface area contributed by atoms with Crippen LogP contribution in [0.2, 0.25) is 0 Å². The third-order valence-electron chi connectivity index (χ3n) is 4.59. The molecule has 3 aliphatic rings. The number of hydrogen-bond acceptors (Lipinski definition) is 2. The Balaban J connectivity index is 1.51. The molecule has 2 saturated heterocycles. The van der Waals surface area contributed by atoms with Crippen LogP contribution in [0.3, 0.4) is 0 Å². The number of β-amino-alcohol motifs (C(OH)–C–C–N with tert-alkyl or cyclic N) is 1. The van der Waals surface area contributed by atoms with Crippen molar-refractivity contribution in [2.45, 2.75) is 38.2 Å². The van der Waals surface area contributed by atoms with E-state index in [1.807, 2.05) is 9.80 Å². The molecule has 3 fully saturated rings. The lowest BCUT2D eigenvalue weighted by Crippen LogP contribution is -2.67. The van der Waals surface area contributed by atoms with Gasteiger partial charge in [-0.25, -0.2) is 4.79 Å². The van der Waals surface area contributed by atoms with Crippen LogP contribution in [0, 0.1) is 11.8 Å². The summed E-state index contributed by atoms with van der Waals surface area (Å²) in [5, 5.41) is 10.2. The number of nitrogens with zero attached hydrogens (tertiary/aromatic N) is 2. The lowest BCUT2D eigenvalue weighted by molar-refractivity contribution is -0.0971. The first kappa shape index (κ1) is 11.3. The summed E-state index contributed by atoms with van der Waals surface area (Å²) in [5.41, 5.74) is -0.543. The third kappa shape index (κ3) is 2.03. The van der Waals surface area contributed by atoms with E-state index in [-0.39, 0.29) is 6.03 Å². The summed E-state index contributed by atoms with van der Waals surface area (Å²) in [4.78, 5) is 15.9. The number of amides is 2. The van der Waals surface area contributed by atoms with Crippen molar-refractivity contribution in [1.82, 2.24) is 9.80 Å². The Morgan fingerprint density at radius 3 is 2.24 bits per heavy atom. The second-order valence-electron chi connectivity index (χ2n) is 6.19. The van der Waals surface area contributed by atoms with Crippen molar-refractivity contribution in [2.24, 2.45) is 11.8 Å². The van der Waals surface area contributed by atoms with E-state index in [0.717, 1.165) is 44.7 Å². The van der Waals surface area contributed by atoms with Gasteiger partial charge in [0.2, 0.25) is 0 Å². The van der Waals surface area contributed by atoms with Crippen LogP contribution >= 0.6 is 0 Å². The van der Waals surface area contributed by atoms with Crippen LogP contribution in [0.15, 0.2) is 0 Å². The Kier molecular flexibility index (Phi) is 2.58. The average Bonchev–Trinajstić information content (AvgIpc) is 3.09. The van der Waals surface area contributed by atoms with Crippen molar-refractivity contribution in [3.63, 3.8) is 0 Å². The van der Waals surface area contributed by atoms with E-state index in [0.29, 0.717) is 19.0 Å². The maximum Gasteiger partial charge on any atom is 0.320 e. The lowest BCUT2D eigenvalue weighted by Gasteiger charge is -2.49. The quantitative estimate of drug-likeness (QED) is 0.748. The molecule has 0 spiro atoms. The fourth-order valence-electron chi connectivity index (χ4n) is 3.03. The molecule has 0 unspecified atom stereocenters. The van der Waals surface area contributed by atoms with Crippen LogP contribution in [0.25, 0.3) is 0 Å². The number of urea groups is 1. The first-order chi connectivity index (χ1) is 8.08. The maximum absolute atomic E-state index is 12.2. The highest BCUT2D eigenvalue weighted by Gasteiger charge is 2.53.